The highest BCUT2D eigenvalue weighted by molar-refractivity contribution is 5.19. The van der Waals surface area contributed by atoms with Crippen molar-refractivity contribution in [3.63, 3.8) is 0 Å². The molecule has 7 heteroatoms. The predicted molar refractivity (Wildman–Crippen MR) is 60.1 cm³/mol. The topological polar surface area (TPSA) is 56.7 Å². The van der Waals surface area contributed by atoms with Gasteiger partial charge in [0.2, 0.25) is 0 Å². The highest BCUT2D eigenvalue weighted by atomic mass is 19.4. The van der Waals surface area contributed by atoms with Crippen LogP contribution in [0.15, 0.2) is 0 Å². The van der Waals surface area contributed by atoms with E-state index in [9.17, 15) is 13.2 Å². The van der Waals surface area contributed by atoms with E-state index in [0.29, 0.717) is 24.4 Å². The molecular formula is C11H17F3N4. The number of nitrogens with zero attached hydrogens (tertiary/aromatic N) is 3. The Morgan fingerprint density at radius 1 is 1.44 bits per heavy atom. The van der Waals surface area contributed by atoms with E-state index in [0.717, 1.165) is 30.9 Å². The zero-order valence-corrected chi connectivity index (χ0v) is 10.2. The Morgan fingerprint density at radius 3 is 2.56 bits per heavy atom. The first-order valence-electron chi connectivity index (χ1n) is 6.16. The number of hydrogen-bond acceptors (Lipinski definition) is 3. The quantitative estimate of drug-likeness (QED) is 0.904. The van der Waals surface area contributed by atoms with E-state index in [4.69, 9.17) is 5.73 Å². The molecule has 0 spiro atoms. The monoisotopic (exact) mass is 262 g/mol. The summed E-state index contributed by atoms with van der Waals surface area (Å²) in [6.45, 7) is 1.49. The maximum Gasteiger partial charge on any atom is 0.410 e. The maximum atomic E-state index is 12.8. The van der Waals surface area contributed by atoms with E-state index in [-0.39, 0.29) is 5.92 Å². The summed E-state index contributed by atoms with van der Waals surface area (Å²) in [7, 11) is 0. The van der Waals surface area contributed by atoms with Gasteiger partial charge in [0.15, 0.2) is 0 Å². The molecule has 1 aliphatic rings. The van der Waals surface area contributed by atoms with E-state index in [1.807, 2.05) is 0 Å². The summed E-state index contributed by atoms with van der Waals surface area (Å²) < 4.78 is 39.4. The Labute approximate surface area is 103 Å². The first kappa shape index (κ1) is 13.3. The van der Waals surface area contributed by atoms with Crippen LogP contribution in [0.3, 0.4) is 0 Å². The first-order chi connectivity index (χ1) is 8.45. The summed E-state index contributed by atoms with van der Waals surface area (Å²) in [4.78, 5) is 0. The van der Waals surface area contributed by atoms with Crippen LogP contribution in [-0.2, 0) is 6.42 Å². The van der Waals surface area contributed by atoms with Crippen molar-refractivity contribution in [1.82, 2.24) is 15.0 Å². The lowest BCUT2D eigenvalue weighted by Gasteiger charge is -2.28. The fourth-order valence-corrected chi connectivity index (χ4v) is 2.18. The maximum absolute atomic E-state index is 12.8. The molecule has 0 amide bonds. The second kappa shape index (κ2) is 4.87. The summed E-state index contributed by atoms with van der Waals surface area (Å²) in [5, 5.41) is 7.57. The van der Waals surface area contributed by atoms with Gasteiger partial charge in [-0.3, -0.25) is 0 Å². The smallest absolute Gasteiger partial charge is 0.330 e. The Kier molecular flexibility index (Phi) is 3.61. The molecule has 1 unspecified atom stereocenters. The first-order valence-corrected chi connectivity index (χ1v) is 6.16. The van der Waals surface area contributed by atoms with Crippen molar-refractivity contribution in [1.29, 1.82) is 0 Å². The Hall–Kier alpha value is -1.11. The fourth-order valence-electron chi connectivity index (χ4n) is 2.18. The number of alkyl halides is 3. The number of rotatable bonds is 4. The molecule has 0 aliphatic heterocycles. The molecule has 1 aromatic rings. The van der Waals surface area contributed by atoms with Gasteiger partial charge in [0, 0.05) is 12.3 Å². The van der Waals surface area contributed by atoms with Crippen molar-refractivity contribution in [2.24, 2.45) is 5.73 Å². The lowest BCUT2D eigenvalue weighted by Crippen LogP contribution is -2.28. The van der Waals surface area contributed by atoms with Gasteiger partial charge in [0.05, 0.1) is 11.4 Å². The summed E-state index contributed by atoms with van der Waals surface area (Å²) >= 11 is 0. The van der Waals surface area contributed by atoms with Crippen molar-refractivity contribution in [3.8, 4) is 0 Å². The molecule has 2 N–H and O–H groups in total. The average molecular weight is 262 g/mol. The molecule has 1 atom stereocenters. The molecule has 0 saturated heterocycles. The van der Waals surface area contributed by atoms with Crippen LogP contribution in [0.5, 0.6) is 0 Å². The summed E-state index contributed by atoms with van der Waals surface area (Å²) in [6.07, 6.45) is -0.939. The Balaban J connectivity index is 2.34. The van der Waals surface area contributed by atoms with E-state index >= 15 is 0 Å². The van der Waals surface area contributed by atoms with Gasteiger partial charge < -0.3 is 5.73 Å². The van der Waals surface area contributed by atoms with Gasteiger partial charge in [0.25, 0.3) is 0 Å². The third-order valence-corrected chi connectivity index (χ3v) is 3.52. The van der Waals surface area contributed by atoms with Crippen molar-refractivity contribution in [2.45, 2.75) is 50.7 Å². The Bertz CT molecular complexity index is 409. The molecule has 102 valence electrons. The molecule has 18 heavy (non-hydrogen) atoms. The van der Waals surface area contributed by atoms with Crippen LogP contribution in [0, 0.1) is 0 Å². The van der Waals surface area contributed by atoms with Crippen molar-refractivity contribution >= 4 is 0 Å². The summed E-state index contributed by atoms with van der Waals surface area (Å²) in [5.74, 6) is 0.159. The lowest BCUT2D eigenvalue weighted by molar-refractivity contribution is -0.166. The minimum absolute atomic E-state index is 0.159. The molecule has 1 fully saturated rings. The standard InChI is InChI=1S/C11H17F3N4/c1-7(11(12,13)14)18-10(8-3-2-4-8)9(5-6-15)16-17-18/h7-8H,2-6,15H2,1H3. The van der Waals surface area contributed by atoms with E-state index < -0.39 is 12.2 Å². The largest absolute Gasteiger partial charge is 0.410 e. The van der Waals surface area contributed by atoms with Gasteiger partial charge in [-0.15, -0.1) is 5.10 Å². The number of nitrogens with two attached hydrogens (primary N) is 1. The van der Waals surface area contributed by atoms with E-state index in [1.54, 1.807) is 0 Å². The van der Waals surface area contributed by atoms with Crippen molar-refractivity contribution in [3.05, 3.63) is 11.4 Å². The number of hydrogen-bond donors (Lipinski definition) is 1. The minimum atomic E-state index is -4.30. The third kappa shape index (κ3) is 2.36. The zero-order chi connectivity index (χ0) is 13.3. The third-order valence-electron chi connectivity index (χ3n) is 3.52. The minimum Gasteiger partial charge on any atom is -0.330 e. The van der Waals surface area contributed by atoms with Gasteiger partial charge in [0.1, 0.15) is 6.04 Å². The van der Waals surface area contributed by atoms with Crippen LogP contribution >= 0.6 is 0 Å². The van der Waals surface area contributed by atoms with Crippen LogP contribution in [0.4, 0.5) is 13.2 Å². The molecule has 0 radical (unpaired) electrons. The number of aromatic nitrogens is 3. The second-order valence-corrected chi connectivity index (χ2v) is 4.75. The number of halogens is 3. The highest BCUT2D eigenvalue weighted by Gasteiger charge is 2.41. The van der Waals surface area contributed by atoms with E-state index in [1.165, 1.54) is 0 Å². The molecule has 0 aromatic carbocycles. The zero-order valence-electron chi connectivity index (χ0n) is 10.2. The van der Waals surface area contributed by atoms with Crippen LogP contribution in [0.2, 0.25) is 0 Å². The molecule has 1 saturated carbocycles. The molecule has 4 nitrogen and oxygen atoms in total. The van der Waals surface area contributed by atoms with Crippen LogP contribution in [0.1, 0.15) is 49.5 Å². The Morgan fingerprint density at radius 2 is 2.11 bits per heavy atom. The average Bonchev–Trinajstić information content (AvgIpc) is 2.58. The van der Waals surface area contributed by atoms with Gasteiger partial charge in [-0.05, 0) is 26.3 Å². The molecule has 2 rings (SSSR count). The van der Waals surface area contributed by atoms with Gasteiger partial charge in [-0.2, -0.15) is 13.2 Å². The lowest BCUT2D eigenvalue weighted by atomic mass is 9.81. The summed E-state index contributed by atoms with van der Waals surface area (Å²) in [6, 6.07) is -1.63. The van der Waals surface area contributed by atoms with Crippen molar-refractivity contribution in [2.75, 3.05) is 6.54 Å². The van der Waals surface area contributed by atoms with Crippen LogP contribution in [0.25, 0.3) is 0 Å². The second-order valence-electron chi connectivity index (χ2n) is 4.75. The van der Waals surface area contributed by atoms with Gasteiger partial charge in [-0.1, -0.05) is 11.6 Å². The SMILES string of the molecule is CC(n1nnc(CCN)c1C1CCC1)C(F)(F)F. The van der Waals surface area contributed by atoms with Crippen molar-refractivity contribution < 1.29 is 13.2 Å². The molecule has 1 aliphatic carbocycles. The van der Waals surface area contributed by atoms with Crippen LogP contribution < -0.4 is 5.73 Å². The van der Waals surface area contributed by atoms with Crippen LogP contribution in [-0.4, -0.2) is 27.7 Å². The van der Waals surface area contributed by atoms with E-state index in [2.05, 4.69) is 10.3 Å². The fraction of sp³-hybridized carbons (Fsp3) is 0.818. The van der Waals surface area contributed by atoms with Gasteiger partial charge in [-0.25, -0.2) is 4.68 Å². The van der Waals surface area contributed by atoms with Gasteiger partial charge >= 0.3 is 6.18 Å². The molecule has 0 bridgehead atoms. The summed E-state index contributed by atoms with van der Waals surface area (Å²) in [5.41, 5.74) is 6.72. The normalized spacial score (nSPS) is 18.7. The molecular weight excluding hydrogens is 245 g/mol. The molecule has 1 heterocycles. The highest BCUT2D eigenvalue weighted by Crippen LogP contribution is 2.40. The molecule has 1 aromatic heterocycles. The predicted octanol–water partition coefficient (Wildman–Crippen LogP) is 2.17.